The van der Waals surface area contributed by atoms with Crippen LogP contribution in [0.2, 0.25) is 0 Å². The number of pyridine rings is 1. The smallest absolute Gasteiger partial charge is 0.152 e. The molecule has 8 heteroatoms. The molecule has 1 atom stereocenters. The van der Waals surface area contributed by atoms with Crippen molar-refractivity contribution >= 4 is 17.2 Å². The molecule has 7 nitrogen and oxygen atoms in total. The number of nitrogens with zero attached hydrogens (tertiary/aromatic N) is 6. The van der Waals surface area contributed by atoms with E-state index in [0.717, 1.165) is 39.2 Å². The van der Waals surface area contributed by atoms with E-state index in [1.165, 1.54) is 0 Å². The van der Waals surface area contributed by atoms with Gasteiger partial charge in [-0.25, -0.2) is 15.0 Å². The van der Waals surface area contributed by atoms with Crippen molar-refractivity contribution in [1.29, 1.82) is 0 Å². The van der Waals surface area contributed by atoms with Gasteiger partial charge in [0.15, 0.2) is 5.82 Å². The lowest BCUT2D eigenvalue weighted by Gasteiger charge is -2.27. The minimum absolute atomic E-state index is 0.440. The monoisotopic (exact) mass is 352 g/mol. The fraction of sp³-hybridized carbons (Fsp3) is 0.294. The third-order valence-electron chi connectivity index (χ3n) is 4.26. The standard InChI is InChI=1S/C17H16N6OS/c1-10-15(25-17(20-10)11-4-3-6-18-8-11)13-9-19-16-14(21-13)12(22-24)5-7-23(16)2/h3-4,6,8-9,12H,5,7H2,1-2H3. The predicted molar refractivity (Wildman–Crippen MR) is 97.5 cm³/mol. The molecule has 1 aliphatic rings. The normalized spacial score (nSPS) is 16.6. The van der Waals surface area contributed by atoms with Crippen LogP contribution in [-0.4, -0.2) is 33.5 Å². The maximum Gasteiger partial charge on any atom is 0.152 e. The predicted octanol–water partition coefficient (Wildman–Crippen LogP) is 3.62. The van der Waals surface area contributed by atoms with Crippen LogP contribution in [0.15, 0.2) is 35.9 Å². The number of thiazole rings is 1. The fourth-order valence-electron chi connectivity index (χ4n) is 2.93. The van der Waals surface area contributed by atoms with E-state index in [0.29, 0.717) is 12.1 Å². The summed E-state index contributed by atoms with van der Waals surface area (Å²) >= 11 is 1.55. The van der Waals surface area contributed by atoms with Gasteiger partial charge in [0, 0.05) is 31.5 Å². The van der Waals surface area contributed by atoms with E-state index in [1.54, 1.807) is 29.9 Å². The molecule has 3 aromatic heterocycles. The van der Waals surface area contributed by atoms with Gasteiger partial charge in [-0.1, -0.05) is 5.18 Å². The zero-order chi connectivity index (χ0) is 17.4. The Kier molecular flexibility index (Phi) is 3.96. The molecule has 3 aromatic rings. The number of aryl methyl sites for hydroxylation is 1. The fourth-order valence-corrected chi connectivity index (χ4v) is 3.94. The van der Waals surface area contributed by atoms with Crippen molar-refractivity contribution < 1.29 is 0 Å². The first kappa shape index (κ1) is 15.8. The molecule has 0 amide bonds. The molecule has 1 aliphatic heterocycles. The second-order valence-corrected chi connectivity index (χ2v) is 6.97. The molecule has 0 saturated heterocycles. The van der Waals surface area contributed by atoms with Crippen LogP contribution in [-0.2, 0) is 0 Å². The molecule has 1 unspecified atom stereocenters. The van der Waals surface area contributed by atoms with Crippen molar-refractivity contribution in [3.8, 4) is 21.1 Å². The third kappa shape index (κ3) is 2.78. The van der Waals surface area contributed by atoms with Gasteiger partial charge >= 0.3 is 0 Å². The van der Waals surface area contributed by atoms with Crippen LogP contribution in [0.3, 0.4) is 0 Å². The summed E-state index contributed by atoms with van der Waals surface area (Å²) in [7, 11) is 1.95. The minimum atomic E-state index is -0.440. The van der Waals surface area contributed by atoms with E-state index in [1.807, 2.05) is 31.0 Å². The Morgan fingerprint density at radius 1 is 1.32 bits per heavy atom. The van der Waals surface area contributed by atoms with Crippen LogP contribution in [0.5, 0.6) is 0 Å². The van der Waals surface area contributed by atoms with Crippen LogP contribution in [0.1, 0.15) is 23.9 Å². The van der Waals surface area contributed by atoms with Gasteiger partial charge in [0.05, 0.1) is 16.8 Å². The summed E-state index contributed by atoms with van der Waals surface area (Å²) in [4.78, 5) is 32.2. The quantitative estimate of drug-likeness (QED) is 0.669. The average molecular weight is 352 g/mol. The van der Waals surface area contributed by atoms with Gasteiger partial charge in [0.25, 0.3) is 0 Å². The second-order valence-electron chi connectivity index (χ2n) is 5.97. The molecule has 25 heavy (non-hydrogen) atoms. The highest BCUT2D eigenvalue weighted by Gasteiger charge is 2.28. The molecule has 0 radical (unpaired) electrons. The summed E-state index contributed by atoms with van der Waals surface area (Å²) in [6.07, 6.45) is 5.94. The molecule has 0 aliphatic carbocycles. The van der Waals surface area contributed by atoms with Crippen molar-refractivity contribution in [3.63, 3.8) is 0 Å². The summed E-state index contributed by atoms with van der Waals surface area (Å²) in [5.74, 6) is 0.731. The van der Waals surface area contributed by atoms with Gasteiger partial charge in [-0.2, -0.15) is 4.91 Å². The zero-order valence-corrected chi connectivity index (χ0v) is 14.7. The molecule has 0 saturated carbocycles. The van der Waals surface area contributed by atoms with Gasteiger partial charge in [0.2, 0.25) is 0 Å². The lowest BCUT2D eigenvalue weighted by Crippen LogP contribution is -2.28. The highest BCUT2D eigenvalue weighted by Crippen LogP contribution is 2.37. The molecule has 0 N–H and O–H groups in total. The summed E-state index contributed by atoms with van der Waals surface area (Å²) in [5.41, 5.74) is 3.24. The Morgan fingerprint density at radius 3 is 2.96 bits per heavy atom. The summed E-state index contributed by atoms with van der Waals surface area (Å²) in [6, 6.07) is 3.43. The number of hydrogen-bond acceptors (Lipinski definition) is 8. The lowest BCUT2D eigenvalue weighted by atomic mass is 10.1. The van der Waals surface area contributed by atoms with Crippen LogP contribution in [0.25, 0.3) is 21.1 Å². The SMILES string of the molecule is Cc1nc(-c2cccnc2)sc1-c1cnc2c(n1)C(N=O)CCN2C. The first-order valence-electron chi connectivity index (χ1n) is 7.96. The largest absolute Gasteiger partial charge is 0.358 e. The van der Waals surface area contributed by atoms with Gasteiger partial charge < -0.3 is 4.90 Å². The van der Waals surface area contributed by atoms with Crippen molar-refractivity contribution in [1.82, 2.24) is 19.9 Å². The van der Waals surface area contributed by atoms with Gasteiger partial charge in [-0.15, -0.1) is 11.3 Å². The first-order valence-corrected chi connectivity index (χ1v) is 8.77. The van der Waals surface area contributed by atoms with E-state index in [4.69, 9.17) is 4.98 Å². The highest BCUT2D eigenvalue weighted by atomic mass is 32.1. The van der Waals surface area contributed by atoms with Gasteiger partial charge in [0.1, 0.15) is 22.4 Å². The molecule has 126 valence electrons. The minimum Gasteiger partial charge on any atom is -0.358 e. The van der Waals surface area contributed by atoms with Crippen LogP contribution < -0.4 is 4.90 Å². The lowest BCUT2D eigenvalue weighted by molar-refractivity contribution is 0.588. The number of hydrogen-bond donors (Lipinski definition) is 0. The van der Waals surface area contributed by atoms with Gasteiger partial charge in [-0.3, -0.25) is 4.98 Å². The Balaban J connectivity index is 1.78. The molecule has 4 rings (SSSR count). The van der Waals surface area contributed by atoms with E-state index < -0.39 is 6.04 Å². The van der Waals surface area contributed by atoms with Crippen LogP contribution in [0.4, 0.5) is 5.82 Å². The van der Waals surface area contributed by atoms with Crippen molar-refractivity contribution in [2.45, 2.75) is 19.4 Å². The van der Waals surface area contributed by atoms with Crippen molar-refractivity contribution in [3.05, 3.63) is 47.0 Å². The molecular weight excluding hydrogens is 336 g/mol. The third-order valence-corrected chi connectivity index (χ3v) is 5.49. The summed E-state index contributed by atoms with van der Waals surface area (Å²) in [6.45, 7) is 2.70. The molecule has 0 spiro atoms. The Morgan fingerprint density at radius 2 is 2.20 bits per heavy atom. The second kappa shape index (κ2) is 6.29. The van der Waals surface area contributed by atoms with E-state index in [-0.39, 0.29) is 0 Å². The molecule has 0 bridgehead atoms. The van der Waals surface area contributed by atoms with E-state index in [2.05, 4.69) is 20.1 Å². The van der Waals surface area contributed by atoms with E-state index in [9.17, 15) is 4.91 Å². The Bertz CT molecular complexity index is 926. The number of fused-ring (bicyclic) bond motifs is 1. The van der Waals surface area contributed by atoms with Crippen LogP contribution in [0, 0.1) is 11.8 Å². The molecular formula is C17H16N6OS. The van der Waals surface area contributed by atoms with Crippen LogP contribution >= 0.6 is 11.3 Å². The number of rotatable bonds is 3. The molecule has 4 heterocycles. The first-order chi connectivity index (χ1) is 12.2. The maximum atomic E-state index is 11.2. The number of aromatic nitrogens is 4. The Labute approximate surface area is 148 Å². The average Bonchev–Trinajstić information content (AvgIpc) is 3.04. The summed E-state index contributed by atoms with van der Waals surface area (Å²) in [5, 5.41) is 4.12. The number of nitroso groups, excluding NO2 is 1. The molecule has 0 aromatic carbocycles. The zero-order valence-electron chi connectivity index (χ0n) is 13.9. The van der Waals surface area contributed by atoms with E-state index >= 15 is 0 Å². The van der Waals surface area contributed by atoms with Gasteiger partial charge in [-0.05, 0) is 25.5 Å². The summed E-state index contributed by atoms with van der Waals surface area (Å²) < 4.78 is 0. The highest BCUT2D eigenvalue weighted by molar-refractivity contribution is 7.18. The van der Waals surface area contributed by atoms with Crippen molar-refractivity contribution in [2.24, 2.45) is 5.18 Å². The maximum absolute atomic E-state index is 11.2. The molecule has 0 fully saturated rings. The Hall–Kier alpha value is -2.74. The van der Waals surface area contributed by atoms with Crippen molar-refractivity contribution in [2.75, 3.05) is 18.5 Å². The number of anilines is 1. The topological polar surface area (TPSA) is 84.2 Å².